The lowest BCUT2D eigenvalue weighted by atomic mass is 10.9. The molecule has 1 aliphatic heterocycles. The van der Waals surface area contributed by atoms with Crippen molar-refractivity contribution in [3.8, 4) is 0 Å². The highest BCUT2D eigenvalue weighted by Gasteiger charge is 2.16. The fraction of sp³-hybridized carbons (Fsp3) is 0.500. The third-order valence-electron chi connectivity index (χ3n) is 0.667. The Hall–Kier alpha value is 0.0400. The molecule has 8 heavy (non-hydrogen) atoms. The average Bonchev–Trinajstić information content (AvgIpc) is 1.64. The van der Waals surface area contributed by atoms with Gasteiger partial charge in [-0.3, -0.25) is 9.59 Å². The fourth-order valence-electron chi connectivity index (χ4n) is 0.404. The molecular formula is C4H4O2S2. The maximum absolute atomic E-state index is 10.4. The second-order valence-corrected chi connectivity index (χ2v) is 3.44. The van der Waals surface area contributed by atoms with E-state index in [1.807, 2.05) is 0 Å². The van der Waals surface area contributed by atoms with Gasteiger partial charge in [0.2, 0.25) is 10.2 Å². The molecule has 1 aliphatic rings. The number of hydrogen-bond acceptors (Lipinski definition) is 4. The second-order valence-electron chi connectivity index (χ2n) is 1.34. The van der Waals surface area contributed by atoms with E-state index in [4.69, 9.17) is 0 Å². The van der Waals surface area contributed by atoms with Gasteiger partial charge in [0, 0.05) is 0 Å². The molecule has 0 unspecified atom stereocenters. The van der Waals surface area contributed by atoms with Crippen molar-refractivity contribution in [2.75, 3.05) is 11.5 Å². The monoisotopic (exact) mass is 148 g/mol. The van der Waals surface area contributed by atoms with Crippen LogP contribution < -0.4 is 0 Å². The Kier molecular flexibility index (Phi) is 1.96. The molecular weight excluding hydrogens is 144 g/mol. The maximum atomic E-state index is 10.4. The van der Waals surface area contributed by atoms with E-state index in [1.165, 1.54) is 11.8 Å². The lowest BCUT2D eigenvalue weighted by Crippen LogP contribution is -2.11. The van der Waals surface area contributed by atoms with Gasteiger partial charge in [-0.2, -0.15) is 0 Å². The zero-order valence-corrected chi connectivity index (χ0v) is 5.68. The molecule has 0 bridgehead atoms. The van der Waals surface area contributed by atoms with Crippen LogP contribution in [-0.4, -0.2) is 21.7 Å². The van der Waals surface area contributed by atoms with Crippen LogP contribution in [0.2, 0.25) is 0 Å². The Morgan fingerprint density at radius 1 is 1.12 bits per heavy atom. The van der Waals surface area contributed by atoms with Gasteiger partial charge in [-0.15, -0.1) is 11.8 Å². The van der Waals surface area contributed by atoms with Crippen LogP contribution in [0, 0.1) is 0 Å². The number of carbonyl (C=O) groups is 2. The van der Waals surface area contributed by atoms with Crippen molar-refractivity contribution >= 4 is 33.8 Å². The van der Waals surface area contributed by atoms with E-state index in [-0.39, 0.29) is 10.2 Å². The first-order valence-electron chi connectivity index (χ1n) is 2.10. The molecule has 0 atom stereocenters. The maximum Gasteiger partial charge on any atom is 0.206 e. The summed E-state index contributed by atoms with van der Waals surface area (Å²) in [5.74, 6) is 0.993. The number of rotatable bonds is 0. The fourth-order valence-corrected chi connectivity index (χ4v) is 2.06. The van der Waals surface area contributed by atoms with E-state index in [1.54, 1.807) is 0 Å². The minimum Gasteiger partial charge on any atom is -0.286 e. The Morgan fingerprint density at radius 2 is 1.62 bits per heavy atom. The molecule has 4 heteroatoms. The topological polar surface area (TPSA) is 34.1 Å². The van der Waals surface area contributed by atoms with Crippen molar-refractivity contribution in [1.29, 1.82) is 0 Å². The molecule has 0 N–H and O–H groups in total. The van der Waals surface area contributed by atoms with Crippen LogP contribution in [-0.2, 0) is 9.59 Å². The third kappa shape index (κ3) is 1.52. The molecule has 0 spiro atoms. The van der Waals surface area contributed by atoms with Crippen molar-refractivity contribution in [3.63, 3.8) is 0 Å². The molecule has 0 amide bonds. The van der Waals surface area contributed by atoms with Crippen LogP contribution in [0.1, 0.15) is 0 Å². The molecule has 2 nitrogen and oxygen atoms in total. The Balaban J connectivity index is 2.45. The second kappa shape index (κ2) is 2.55. The van der Waals surface area contributed by atoms with E-state index in [0.29, 0.717) is 11.5 Å². The summed E-state index contributed by atoms with van der Waals surface area (Å²) < 4.78 is 0. The van der Waals surface area contributed by atoms with Gasteiger partial charge >= 0.3 is 0 Å². The molecule has 1 rings (SSSR count). The van der Waals surface area contributed by atoms with Crippen LogP contribution in [0.5, 0.6) is 0 Å². The van der Waals surface area contributed by atoms with E-state index in [2.05, 4.69) is 0 Å². The molecule has 1 heterocycles. The number of thioether (sulfide) groups is 2. The van der Waals surface area contributed by atoms with Gasteiger partial charge < -0.3 is 0 Å². The minimum atomic E-state index is -0.00810. The largest absolute Gasteiger partial charge is 0.286 e. The van der Waals surface area contributed by atoms with Gasteiger partial charge in [-0.05, 0) is 11.8 Å². The summed E-state index contributed by atoms with van der Waals surface area (Å²) >= 11 is 2.23. The smallest absolute Gasteiger partial charge is 0.206 e. The van der Waals surface area contributed by atoms with Gasteiger partial charge in [0.1, 0.15) is 0 Å². The summed E-state index contributed by atoms with van der Waals surface area (Å²) in [6, 6.07) is 0. The molecule has 0 aromatic rings. The van der Waals surface area contributed by atoms with Crippen LogP contribution in [0.3, 0.4) is 0 Å². The highest BCUT2D eigenvalue weighted by Crippen LogP contribution is 2.18. The highest BCUT2D eigenvalue weighted by atomic mass is 32.2. The van der Waals surface area contributed by atoms with Gasteiger partial charge in [0.05, 0.1) is 11.5 Å². The zero-order chi connectivity index (χ0) is 5.98. The van der Waals surface area contributed by atoms with Crippen molar-refractivity contribution in [2.45, 2.75) is 0 Å². The normalized spacial score (nSPS) is 21.5. The van der Waals surface area contributed by atoms with Crippen LogP contribution in [0.4, 0.5) is 0 Å². The van der Waals surface area contributed by atoms with Gasteiger partial charge in [-0.1, -0.05) is 0 Å². The molecule has 0 radical (unpaired) electrons. The van der Waals surface area contributed by atoms with Crippen LogP contribution >= 0.6 is 23.5 Å². The molecule has 44 valence electrons. The zero-order valence-electron chi connectivity index (χ0n) is 4.05. The summed E-state index contributed by atoms with van der Waals surface area (Å²) in [5.41, 5.74) is 0. The highest BCUT2D eigenvalue weighted by molar-refractivity contribution is 8.29. The van der Waals surface area contributed by atoms with Gasteiger partial charge in [0.15, 0.2) is 0 Å². The Bertz CT molecular complexity index is 118. The van der Waals surface area contributed by atoms with Crippen molar-refractivity contribution in [1.82, 2.24) is 0 Å². The molecule has 0 saturated carbocycles. The first kappa shape index (κ1) is 6.16. The van der Waals surface area contributed by atoms with Gasteiger partial charge in [0.25, 0.3) is 0 Å². The van der Waals surface area contributed by atoms with E-state index in [9.17, 15) is 9.59 Å². The first-order chi connectivity index (χ1) is 3.79. The number of carbonyl (C=O) groups excluding carboxylic acids is 2. The lowest BCUT2D eigenvalue weighted by molar-refractivity contribution is -0.111. The molecule has 0 aromatic carbocycles. The van der Waals surface area contributed by atoms with E-state index in [0.717, 1.165) is 11.8 Å². The summed E-state index contributed by atoms with van der Waals surface area (Å²) in [7, 11) is 0. The third-order valence-corrected chi connectivity index (χ3v) is 2.71. The Labute approximate surface area is 55.4 Å². The lowest BCUT2D eigenvalue weighted by Gasteiger charge is -2.03. The SMILES string of the molecule is O=C1CSCC(=O)S1. The number of hydrogen-bond donors (Lipinski definition) is 0. The van der Waals surface area contributed by atoms with Crippen molar-refractivity contribution < 1.29 is 9.59 Å². The minimum absolute atomic E-state index is 0.00810. The van der Waals surface area contributed by atoms with E-state index >= 15 is 0 Å². The molecule has 1 fully saturated rings. The summed E-state index contributed by atoms with van der Waals surface area (Å²) in [5, 5.41) is -0.0162. The predicted octanol–water partition coefficient (Wildman–Crippen LogP) is 0.520. The average molecular weight is 148 g/mol. The van der Waals surface area contributed by atoms with Crippen molar-refractivity contribution in [3.05, 3.63) is 0 Å². The summed E-state index contributed by atoms with van der Waals surface area (Å²) in [6.45, 7) is 0. The standard InChI is InChI=1S/C4H4O2S2/c5-3-1-7-2-4(6)8-3/h1-2H2. The van der Waals surface area contributed by atoms with E-state index < -0.39 is 0 Å². The molecule has 0 aromatic heterocycles. The van der Waals surface area contributed by atoms with Crippen LogP contribution in [0.15, 0.2) is 0 Å². The molecule has 0 aliphatic carbocycles. The van der Waals surface area contributed by atoms with Crippen molar-refractivity contribution in [2.24, 2.45) is 0 Å². The van der Waals surface area contributed by atoms with Gasteiger partial charge in [-0.25, -0.2) is 0 Å². The first-order valence-corrected chi connectivity index (χ1v) is 4.07. The molecule has 1 saturated heterocycles. The quantitative estimate of drug-likeness (QED) is 0.501. The predicted molar refractivity (Wildman–Crippen MR) is 34.9 cm³/mol. The summed E-state index contributed by atoms with van der Waals surface area (Å²) in [6.07, 6.45) is 0. The van der Waals surface area contributed by atoms with Crippen LogP contribution in [0.25, 0.3) is 0 Å². The summed E-state index contributed by atoms with van der Waals surface area (Å²) in [4.78, 5) is 20.8. The Morgan fingerprint density at radius 3 is 1.88 bits per heavy atom.